The maximum atomic E-state index is 9.56. The SMILES string of the molecule is CO[C@@H]1C[C@@H](CO)N(Cc2cn(-c3ccccc3)nc2C)C1. The smallest absolute Gasteiger partial charge is 0.0714 e. The van der Waals surface area contributed by atoms with Crippen molar-refractivity contribution in [2.75, 3.05) is 20.3 Å². The zero-order chi connectivity index (χ0) is 15.5. The third-order valence-electron chi connectivity index (χ3n) is 4.43. The van der Waals surface area contributed by atoms with Crippen molar-refractivity contribution in [2.24, 2.45) is 0 Å². The van der Waals surface area contributed by atoms with E-state index in [4.69, 9.17) is 4.74 Å². The van der Waals surface area contributed by atoms with Crippen LogP contribution >= 0.6 is 0 Å². The summed E-state index contributed by atoms with van der Waals surface area (Å²) in [7, 11) is 1.74. The first-order chi connectivity index (χ1) is 10.7. The Morgan fingerprint density at radius 3 is 2.77 bits per heavy atom. The van der Waals surface area contributed by atoms with Gasteiger partial charge in [0.05, 0.1) is 24.1 Å². The largest absolute Gasteiger partial charge is 0.395 e. The summed E-state index contributed by atoms with van der Waals surface area (Å²) in [4.78, 5) is 2.29. The molecule has 3 rings (SSSR count). The van der Waals surface area contributed by atoms with Crippen LogP contribution in [0, 0.1) is 6.92 Å². The van der Waals surface area contributed by atoms with Gasteiger partial charge in [0.25, 0.3) is 0 Å². The van der Waals surface area contributed by atoms with E-state index in [1.165, 1.54) is 5.56 Å². The predicted octanol–water partition coefficient (Wildman–Crippen LogP) is 1.76. The number of para-hydroxylation sites is 1. The Labute approximate surface area is 131 Å². The van der Waals surface area contributed by atoms with E-state index >= 15 is 0 Å². The third kappa shape index (κ3) is 3.06. The molecular weight excluding hydrogens is 278 g/mol. The van der Waals surface area contributed by atoms with Crippen molar-refractivity contribution in [2.45, 2.75) is 32.0 Å². The molecule has 1 aliphatic heterocycles. The number of aromatic nitrogens is 2. The van der Waals surface area contributed by atoms with Gasteiger partial charge < -0.3 is 9.84 Å². The molecule has 0 amide bonds. The van der Waals surface area contributed by atoms with Crippen LogP contribution in [-0.4, -0.2) is 52.2 Å². The monoisotopic (exact) mass is 301 g/mol. The Balaban J connectivity index is 1.77. The van der Waals surface area contributed by atoms with E-state index in [-0.39, 0.29) is 18.8 Å². The van der Waals surface area contributed by atoms with Crippen LogP contribution in [-0.2, 0) is 11.3 Å². The van der Waals surface area contributed by atoms with E-state index in [9.17, 15) is 5.11 Å². The second kappa shape index (κ2) is 6.60. The van der Waals surface area contributed by atoms with Crippen LogP contribution in [0.25, 0.3) is 5.69 Å². The van der Waals surface area contributed by atoms with Crippen LogP contribution < -0.4 is 0 Å². The molecule has 1 aliphatic rings. The fraction of sp³-hybridized carbons (Fsp3) is 0.471. The Hall–Kier alpha value is -1.69. The fourth-order valence-corrected chi connectivity index (χ4v) is 3.07. The Bertz CT molecular complexity index is 612. The highest BCUT2D eigenvalue weighted by Crippen LogP contribution is 2.23. The van der Waals surface area contributed by atoms with E-state index in [0.717, 1.165) is 30.9 Å². The lowest BCUT2D eigenvalue weighted by molar-refractivity contribution is 0.107. The number of rotatable bonds is 5. The van der Waals surface area contributed by atoms with Crippen LogP contribution in [0.15, 0.2) is 36.5 Å². The van der Waals surface area contributed by atoms with Gasteiger partial charge in [0.15, 0.2) is 0 Å². The molecular formula is C17H23N3O2. The Morgan fingerprint density at radius 2 is 2.09 bits per heavy atom. The van der Waals surface area contributed by atoms with Crippen LogP contribution in [0.4, 0.5) is 0 Å². The molecule has 5 nitrogen and oxygen atoms in total. The van der Waals surface area contributed by atoms with Gasteiger partial charge in [-0.1, -0.05) is 18.2 Å². The standard InChI is InChI=1S/C17H23N3O2/c1-13-14(9-19-11-17(22-2)8-16(19)12-21)10-20(18-13)15-6-4-3-5-7-15/h3-7,10,16-17,21H,8-9,11-12H2,1-2H3/t16-,17+/m0/s1. The van der Waals surface area contributed by atoms with Crippen molar-refractivity contribution in [3.8, 4) is 5.69 Å². The molecule has 0 saturated carbocycles. The number of aryl methyl sites for hydroxylation is 1. The third-order valence-corrected chi connectivity index (χ3v) is 4.43. The number of benzene rings is 1. The number of aliphatic hydroxyl groups is 1. The average molecular weight is 301 g/mol. The van der Waals surface area contributed by atoms with Crippen molar-refractivity contribution >= 4 is 0 Å². The van der Waals surface area contributed by atoms with Crippen molar-refractivity contribution < 1.29 is 9.84 Å². The molecule has 118 valence electrons. The lowest BCUT2D eigenvalue weighted by atomic mass is 10.2. The quantitative estimate of drug-likeness (QED) is 0.914. The Kier molecular flexibility index (Phi) is 4.57. The molecule has 2 heterocycles. The van der Waals surface area contributed by atoms with Gasteiger partial charge >= 0.3 is 0 Å². The molecule has 1 N–H and O–H groups in total. The summed E-state index contributed by atoms with van der Waals surface area (Å²) in [6, 6.07) is 10.3. The van der Waals surface area contributed by atoms with Gasteiger partial charge in [0.1, 0.15) is 0 Å². The molecule has 1 aromatic heterocycles. The van der Waals surface area contributed by atoms with E-state index in [2.05, 4.69) is 16.2 Å². The minimum atomic E-state index is 0.171. The summed E-state index contributed by atoms with van der Waals surface area (Å²) in [6.07, 6.45) is 3.18. The molecule has 2 atom stereocenters. The zero-order valence-corrected chi connectivity index (χ0v) is 13.1. The van der Waals surface area contributed by atoms with Crippen LogP contribution in [0.2, 0.25) is 0 Å². The fourth-order valence-electron chi connectivity index (χ4n) is 3.07. The highest BCUT2D eigenvalue weighted by atomic mass is 16.5. The minimum absolute atomic E-state index is 0.171. The molecule has 22 heavy (non-hydrogen) atoms. The first-order valence-corrected chi connectivity index (χ1v) is 7.69. The Morgan fingerprint density at radius 1 is 1.32 bits per heavy atom. The minimum Gasteiger partial charge on any atom is -0.395 e. The summed E-state index contributed by atoms with van der Waals surface area (Å²) in [5.74, 6) is 0. The number of ether oxygens (including phenoxy) is 1. The van der Waals surface area contributed by atoms with Gasteiger partial charge in [-0.2, -0.15) is 5.10 Å². The van der Waals surface area contributed by atoms with Gasteiger partial charge in [0.2, 0.25) is 0 Å². The molecule has 1 aromatic carbocycles. The molecule has 0 radical (unpaired) electrons. The molecule has 1 saturated heterocycles. The molecule has 5 heteroatoms. The number of hydrogen-bond acceptors (Lipinski definition) is 4. The van der Waals surface area contributed by atoms with E-state index in [0.29, 0.717) is 0 Å². The summed E-state index contributed by atoms with van der Waals surface area (Å²) < 4.78 is 7.36. The van der Waals surface area contributed by atoms with Crippen LogP contribution in [0.5, 0.6) is 0 Å². The van der Waals surface area contributed by atoms with Crippen molar-refractivity contribution in [3.63, 3.8) is 0 Å². The first kappa shape index (κ1) is 15.2. The lowest BCUT2D eigenvalue weighted by Gasteiger charge is -2.21. The highest BCUT2D eigenvalue weighted by Gasteiger charge is 2.32. The van der Waals surface area contributed by atoms with Crippen LogP contribution in [0.3, 0.4) is 0 Å². The second-order valence-corrected chi connectivity index (χ2v) is 5.88. The molecule has 0 spiro atoms. The molecule has 0 unspecified atom stereocenters. The second-order valence-electron chi connectivity index (χ2n) is 5.88. The van der Waals surface area contributed by atoms with E-state index in [1.54, 1.807) is 7.11 Å². The number of nitrogens with zero attached hydrogens (tertiary/aromatic N) is 3. The van der Waals surface area contributed by atoms with Gasteiger partial charge in [-0.15, -0.1) is 0 Å². The van der Waals surface area contributed by atoms with E-state index < -0.39 is 0 Å². The average Bonchev–Trinajstić information content (AvgIpc) is 3.12. The number of hydrogen-bond donors (Lipinski definition) is 1. The maximum absolute atomic E-state index is 9.56. The molecule has 0 aliphatic carbocycles. The summed E-state index contributed by atoms with van der Waals surface area (Å²) >= 11 is 0. The van der Waals surface area contributed by atoms with Crippen molar-refractivity contribution in [3.05, 3.63) is 47.8 Å². The number of aliphatic hydroxyl groups excluding tert-OH is 1. The highest BCUT2D eigenvalue weighted by molar-refractivity contribution is 5.32. The zero-order valence-electron chi connectivity index (χ0n) is 13.1. The van der Waals surface area contributed by atoms with Crippen LogP contribution in [0.1, 0.15) is 17.7 Å². The lowest BCUT2D eigenvalue weighted by Crippen LogP contribution is -2.32. The first-order valence-electron chi connectivity index (χ1n) is 7.69. The molecule has 2 aromatic rings. The molecule has 0 bridgehead atoms. The van der Waals surface area contributed by atoms with Gasteiger partial charge in [0, 0.05) is 38.0 Å². The molecule has 1 fully saturated rings. The normalized spacial score (nSPS) is 22.3. The van der Waals surface area contributed by atoms with Gasteiger partial charge in [-0.05, 0) is 25.5 Å². The van der Waals surface area contributed by atoms with Crippen molar-refractivity contribution in [1.82, 2.24) is 14.7 Å². The number of likely N-dealkylation sites (tertiary alicyclic amines) is 1. The topological polar surface area (TPSA) is 50.5 Å². The number of methoxy groups -OCH3 is 1. The van der Waals surface area contributed by atoms with Crippen molar-refractivity contribution in [1.29, 1.82) is 0 Å². The summed E-state index contributed by atoms with van der Waals surface area (Å²) in [6.45, 7) is 3.86. The summed E-state index contributed by atoms with van der Waals surface area (Å²) in [5.41, 5.74) is 3.28. The predicted molar refractivity (Wildman–Crippen MR) is 85.0 cm³/mol. The summed E-state index contributed by atoms with van der Waals surface area (Å²) in [5, 5.41) is 14.2. The van der Waals surface area contributed by atoms with E-state index in [1.807, 2.05) is 41.9 Å². The van der Waals surface area contributed by atoms with Gasteiger partial charge in [-0.3, -0.25) is 4.90 Å². The van der Waals surface area contributed by atoms with Gasteiger partial charge in [-0.25, -0.2) is 4.68 Å². The maximum Gasteiger partial charge on any atom is 0.0714 e.